The quantitative estimate of drug-likeness (QED) is 0.681. The number of thiol groups is 1. The van der Waals surface area contributed by atoms with E-state index >= 15 is 0 Å². The van der Waals surface area contributed by atoms with Crippen LogP contribution in [0.4, 0.5) is 4.39 Å². The lowest BCUT2D eigenvalue weighted by molar-refractivity contribution is 0.616. The molecule has 2 aromatic rings. The van der Waals surface area contributed by atoms with E-state index in [1.54, 1.807) is 0 Å². The molecule has 0 aliphatic heterocycles. The van der Waals surface area contributed by atoms with Crippen LogP contribution in [0, 0.1) is 5.82 Å². The molecule has 0 nitrogen and oxygen atoms in total. The molecule has 68 valence electrons. The minimum Gasteiger partial charge on any atom is -0.204 e. The van der Waals surface area contributed by atoms with Crippen molar-refractivity contribution in [2.75, 3.05) is 0 Å². The summed E-state index contributed by atoms with van der Waals surface area (Å²) in [6.07, 6.45) is 0.918. The van der Waals surface area contributed by atoms with Crippen LogP contribution >= 0.6 is 24.0 Å². The summed E-state index contributed by atoms with van der Waals surface area (Å²) in [6.45, 7) is 2.07. The van der Waals surface area contributed by atoms with Gasteiger partial charge in [-0.05, 0) is 34.9 Å². The van der Waals surface area contributed by atoms with E-state index in [0.717, 1.165) is 16.5 Å². The predicted molar refractivity (Wildman–Crippen MR) is 58.4 cm³/mol. The first kappa shape index (κ1) is 9.03. The molecule has 0 amide bonds. The average molecular weight is 212 g/mol. The summed E-state index contributed by atoms with van der Waals surface area (Å²) in [6, 6.07) is 3.78. The van der Waals surface area contributed by atoms with E-state index in [1.807, 2.05) is 17.5 Å². The zero-order chi connectivity index (χ0) is 9.42. The van der Waals surface area contributed by atoms with Crippen LogP contribution in [0.2, 0.25) is 0 Å². The second-order valence-corrected chi connectivity index (χ2v) is 4.28. The number of hydrogen-bond donors (Lipinski definition) is 1. The molecule has 3 heteroatoms. The largest absolute Gasteiger partial charge is 0.204 e. The van der Waals surface area contributed by atoms with Crippen LogP contribution in [0.15, 0.2) is 22.4 Å². The Morgan fingerprint density at radius 1 is 1.54 bits per heavy atom. The van der Waals surface area contributed by atoms with Gasteiger partial charge in [0.25, 0.3) is 0 Å². The molecule has 2 rings (SSSR count). The highest BCUT2D eigenvalue weighted by Gasteiger charge is 2.09. The highest BCUT2D eigenvalue weighted by atomic mass is 32.1. The Balaban J connectivity index is 2.87. The lowest BCUT2D eigenvalue weighted by Crippen LogP contribution is -1.85. The molecular weight excluding hydrogens is 203 g/mol. The van der Waals surface area contributed by atoms with E-state index in [2.05, 4.69) is 19.6 Å². The SMILES string of the molecule is CCc1cc(S)c(F)c2sccc12. The number of benzene rings is 1. The molecule has 13 heavy (non-hydrogen) atoms. The molecule has 0 spiro atoms. The van der Waals surface area contributed by atoms with Gasteiger partial charge in [0.05, 0.1) is 4.70 Å². The Labute approximate surface area is 85.8 Å². The van der Waals surface area contributed by atoms with Gasteiger partial charge in [0.1, 0.15) is 0 Å². The fourth-order valence-electron chi connectivity index (χ4n) is 1.45. The minimum atomic E-state index is -0.189. The minimum absolute atomic E-state index is 0.189. The molecule has 0 unspecified atom stereocenters. The van der Waals surface area contributed by atoms with E-state index < -0.39 is 0 Å². The summed E-state index contributed by atoms with van der Waals surface area (Å²) in [5, 5.41) is 2.95. The zero-order valence-corrected chi connectivity index (χ0v) is 8.88. The molecule has 0 saturated heterocycles. The van der Waals surface area contributed by atoms with Crippen molar-refractivity contribution >= 4 is 34.1 Å². The van der Waals surface area contributed by atoms with Crippen molar-refractivity contribution in [2.24, 2.45) is 0 Å². The predicted octanol–water partition coefficient (Wildman–Crippen LogP) is 3.89. The molecular formula is C10H9FS2. The number of hydrogen-bond acceptors (Lipinski definition) is 2. The zero-order valence-electron chi connectivity index (χ0n) is 7.17. The molecule has 0 atom stereocenters. The van der Waals surface area contributed by atoms with Crippen LogP contribution in [-0.2, 0) is 6.42 Å². The van der Waals surface area contributed by atoms with E-state index in [4.69, 9.17) is 0 Å². The molecule has 0 aliphatic carbocycles. The Morgan fingerprint density at radius 2 is 2.31 bits per heavy atom. The fourth-order valence-corrected chi connectivity index (χ4v) is 2.67. The van der Waals surface area contributed by atoms with Crippen LogP contribution in [0.25, 0.3) is 10.1 Å². The maximum atomic E-state index is 13.5. The van der Waals surface area contributed by atoms with Gasteiger partial charge in [0, 0.05) is 4.90 Å². The number of fused-ring (bicyclic) bond motifs is 1. The number of rotatable bonds is 1. The van der Waals surface area contributed by atoms with Gasteiger partial charge in [-0.3, -0.25) is 0 Å². The third kappa shape index (κ3) is 1.36. The fraction of sp³-hybridized carbons (Fsp3) is 0.200. The summed E-state index contributed by atoms with van der Waals surface area (Å²) >= 11 is 5.54. The number of halogens is 1. The first-order chi connectivity index (χ1) is 6.24. The van der Waals surface area contributed by atoms with E-state index in [9.17, 15) is 4.39 Å². The smallest absolute Gasteiger partial charge is 0.154 e. The number of thiophene rings is 1. The van der Waals surface area contributed by atoms with Crippen LogP contribution in [0.1, 0.15) is 12.5 Å². The van der Waals surface area contributed by atoms with Crippen LogP contribution in [-0.4, -0.2) is 0 Å². The maximum absolute atomic E-state index is 13.5. The first-order valence-electron chi connectivity index (χ1n) is 4.11. The molecule has 0 bridgehead atoms. The maximum Gasteiger partial charge on any atom is 0.154 e. The Hall–Kier alpha value is -0.540. The van der Waals surface area contributed by atoms with Gasteiger partial charge in [-0.25, -0.2) is 4.39 Å². The summed E-state index contributed by atoms with van der Waals surface area (Å²) in [4.78, 5) is 0.451. The lowest BCUT2D eigenvalue weighted by Gasteiger charge is -2.02. The molecule has 0 radical (unpaired) electrons. The Morgan fingerprint density at radius 3 is 3.00 bits per heavy atom. The van der Waals surface area contributed by atoms with Gasteiger partial charge in [0.2, 0.25) is 0 Å². The third-order valence-corrected chi connectivity index (χ3v) is 3.36. The van der Waals surface area contributed by atoms with Crippen molar-refractivity contribution in [3.05, 3.63) is 28.9 Å². The van der Waals surface area contributed by atoms with Crippen molar-refractivity contribution in [1.29, 1.82) is 0 Å². The first-order valence-corrected chi connectivity index (χ1v) is 5.44. The van der Waals surface area contributed by atoms with Gasteiger partial charge in [0.15, 0.2) is 5.82 Å². The Kier molecular flexibility index (Phi) is 2.30. The van der Waals surface area contributed by atoms with Crippen molar-refractivity contribution < 1.29 is 4.39 Å². The van der Waals surface area contributed by atoms with Gasteiger partial charge in [-0.1, -0.05) is 6.92 Å². The summed E-state index contributed by atoms with van der Waals surface area (Å²) in [5.74, 6) is -0.189. The van der Waals surface area contributed by atoms with Crippen molar-refractivity contribution in [3.63, 3.8) is 0 Å². The van der Waals surface area contributed by atoms with Gasteiger partial charge in [-0.2, -0.15) is 0 Å². The standard InChI is InChI=1S/C10H9FS2/c1-2-6-5-8(12)9(11)10-7(6)3-4-13-10/h3-5,12H,2H2,1H3. The highest BCUT2D eigenvalue weighted by molar-refractivity contribution is 7.80. The summed E-state index contributed by atoms with van der Waals surface area (Å²) < 4.78 is 14.2. The third-order valence-electron chi connectivity index (χ3n) is 2.13. The molecule has 0 fully saturated rings. The molecule has 0 saturated carbocycles. The molecule has 1 aromatic carbocycles. The van der Waals surface area contributed by atoms with E-state index in [-0.39, 0.29) is 5.82 Å². The average Bonchev–Trinajstić information content (AvgIpc) is 2.60. The van der Waals surface area contributed by atoms with Gasteiger partial charge >= 0.3 is 0 Å². The van der Waals surface area contributed by atoms with Crippen LogP contribution in [0.3, 0.4) is 0 Å². The Bertz CT molecular complexity index is 445. The van der Waals surface area contributed by atoms with E-state index in [0.29, 0.717) is 4.90 Å². The van der Waals surface area contributed by atoms with Gasteiger partial charge in [-0.15, -0.1) is 24.0 Å². The van der Waals surface area contributed by atoms with E-state index in [1.165, 1.54) is 16.9 Å². The van der Waals surface area contributed by atoms with Gasteiger partial charge < -0.3 is 0 Å². The second kappa shape index (κ2) is 3.31. The van der Waals surface area contributed by atoms with Crippen molar-refractivity contribution in [2.45, 2.75) is 18.2 Å². The van der Waals surface area contributed by atoms with Crippen molar-refractivity contribution in [1.82, 2.24) is 0 Å². The highest BCUT2D eigenvalue weighted by Crippen LogP contribution is 2.31. The normalized spacial score (nSPS) is 11.0. The number of aryl methyl sites for hydroxylation is 1. The molecule has 0 N–H and O–H groups in total. The lowest BCUT2D eigenvalue weighted by atomic mass is 10.1. The summed E-state index contributed by atoms with van der Waals surface area (Å²) in [7, 11) is 0. The molecule has 0 aliphatic rings. The van der Waals surface area contributed by atoms with Crippen molar-refractivity contribution in [3.8, 4) is 0 Å². The summed E-state index contributed by atoms with van der Waals surface area (Å²) in [5.41, 5.74) is 1.17. The second-order valence-electron chi connectivity index (χ2n) is 2.89. The monoisotopic (exact) mass is 212 g/mol. The van der Waals surface area contributed by atoms with Crippen LogP contribution in [0.5, 0.6) is 0 Å². The van der Waals surface area contributed by atoms with Crippen LogP contribution < -0.4 is 0 Å². The topological polar surface area (TPSA) is 0 Å². The molecule has 1 aromatic heterocycles. The molecule has 1 heterocycles.